The SMILES string of the molecule is CNc1scnc1C. The van der Waals surface area contributed by atoms with Crippen molar-refractivity contribution in [2.75, 3.05) is 12.4 Å². The molecule has 0 saturated carbocycles. The Balaban J connectivity index is 2.92. The molecule has 0 aromatic carbocycles. The third-order valence-corrected chi connectivity index (χ3v) is 1.92. The maximum Gasteiger partial charge on any atom is 0.111 e. The van der Waals surface area contributed by atoms with Gasteiger partial charge in [-0.1, -0.05) is 0 Å². The molecular weight excluding hydrogens is 120 g/mol. The molecule has 0 fully saturated rings. The fourth-order valence-electron chi connectivity index (χ4n) is 0.542. The van der Waals surface area contributed by atoms with Gasteiger partial charge in [-0.3, -0.25) is 0 Å². The number of hydrogen-bond donors (Lipinski definition) is 1. The first-order valence-electron chi connectivity index (χ1n) is 2.42. The van der Waals surface area contributed by atoms with Crippen LogP contribution in [0.1, 0.15) is 5.69 Å². The molecule has 3 heteroatoms. The van der Waals surface area contributed by atoms with Crippen molar-refractivity contribution in [3.05, 3.63) is 11.2 Å². The summed E-state index contributed by atoms with van der Waals surface area (Å²) in [4.78, 5) is 4.04. The predicted molar refractivity (Wildman–Crippen MR) is 36.4 cm³/mol. The van der Waals surface area contributed by atoms with Crippen LogP contribution in [0.2, 0.25) is 0 Å². The molecule has 0 aliphatic carbocycles. The lowest BCUT2D eigenvalue weighted by Crippen LogP contribution is -1.85. The van der Waals surface area contributed by atoms with Crippen molar-refractivity contribution >= 4 is 16.3 Å². The van der Waals surface area contributed by atoms with E-state index >= 15 is 0 Å². The van der Waals surface area contributed by atoms with Gasteiger partial charge in [0.2, 0.25) is 0 Å². The van der Waals surface area contributed by atoms with Crippen LogP contribution in [0, 0.1) is 6.92 Å². The highest BCUT2D eigenvalue weighted by atomic mass is 32.1. The third kappa shape index (κ3) is 0.816. The fraction of sp³-hybridized carbons (Fsp3) is 0.400. The highest BCUT2D eigenvalue weighted by molar-refractivity contribution is 7.14. The first-order valence-corrected chi connectivity index (χ1v) is 3.30. The maximum absolute atomic E-state index is 4.04. The van der Waals surface area contributed by atoms with Gasteiger partial charge in [-0.15, -0.1) is 11.3 Å². The molecule has 1 aromatic heterocycles. The van der Waals surface area contributed by atoms with Crippen LogP contribution in [-0.2, 0) is 0 Å². The molecule has 0 bridgehead atoms. The second kappa shape index (κ2) is 2.13. The number of thiazole rings is 1. The van der Waals surface area contributed by atoms with Crippen LogP contribution in [0.4, 0.5) is 5.00 Å². The monoisotopic (exact) mass is 128 g/mol. The number of rotatable bonds is 1. The van der Waals surface area contributed by atoms with Gasteiger partial charge >= 0.3 is 0 Å². The topological polar surface area (TPSA) is 24.9 Å². The molecule has 1 heterocycles. The molecular formula is C5H8N2S. The van der Waals surface area contributed by atoms with Gasteiger partial charge < -0.3 is 5.32 Å². The van der Waals surface area contributed by atoms with E-state index in [0.717, 1.165) is 10.7 Å². The molecule has 0 atom stereocenters. The van der Waals surface area contributed by atoms with Crippen molar-refractivity contribution < 1.29 is 0 Å². The Morgan fingerprint density at radius 1 is 1.75 bits per heavy atom. The van der Waals surface area contributed by atoms with Crippen LogP contribution in [0.3, 0.4) is 0 Å². The third-order valence-electron chi connectivity index (χ3n) is 0.973. The molecule has 0 spiro atoms. The first-order chi connectivity index (χ1) is 3.84. The largest absolute Gasteiger partial charge is 0.378 e. The van der Waals surface area contributed by atoms with Gasteiger partial charge in [-0.2, -0.15) is 0 Å². The van der Waals surface area contributed by atoms with E-state index in [9.17, 15) is 0 Å². The molecule has 2 nitrogen and oxygen atoms in total. The average Bonchev–Trinajstić information content (AvgIpc) is 2.14. The van der Waals surface area contributed by atoms with Crippen LogP contribution < -0.4 is 5.32 Å². The normalized spacial score (nSPS) is 9.25. The molecule has 0 unspecified atom stereocenters. The summed E-state index contributed by atoms with van der Waals surface area (Å²) in [5, 5.41) is 4.19. The van der Waals surface area contributed by atoms with Gasteiger partial charge in [-0.25, -0.2) is 4.98 Å². The lowest BCUT2D eigenvalue weighted by Gasteiger charge is -1.90. The number of nitrogens with one attached hydrogen (secondary N) is 1. The maximum atomic E-state index is 4.04. The van der Waals surface area contributed by atoms with Crippen molar-refractivity contribution in [1.29, 1.82) is 0 Å². The Kier molecular flexibility index (Phi) is 1.48. The number of aromatic nitrogens is 1. The highest BCUT2D eigenvalue weighted by Gasteiger charge is 1.93. The van der Waals surface area contributed by atoms with E-state index in [1.54, 1.807) is 11.3 Å². The predicted octanol–water partition coefficient (Wildman–Crippen LogP) is 1.49. The zero-order valence-corrected chi connectivity index (χ0v) is 5.75. The van der Waals surface area contributed by atoms with Crippen molar-refractivity contribution in [1.82, 2.24) is 4.98 Å². The molecule has 8 heavy (non-hydrogen) atoms. The zero-order chi connectivity index (χ0) is 5.98. The van der Waals surface area contributed by atoms with Crippen molar-refractivity contribution in [3.63, 3.8) is 0 Å². The lowest BCUT2D eigenvalue weighted by molar-refractivity contribution is 1.26. The lowest BCUT2D eigenvalue weighted by atomic mass is 10.5. The zero-order valence-electron chi connectivity index (χ0n) is 4.93. The number of aryl methyl sites for hydroxylation is 1. The van der Waals surface area contributed by atoms with E-state index in [4.69, 9.17) is 0 Å². The minimum absolute atomic E-state index is 1.08. The van der Waals surface area contributed by atoms with E-state index in [1.165, 1.54) is 0 Å². The Bertz CT molecular complexity index is 171. The van der Waals surface area contributed by atoms with Crippen LogP contribution in [-0.4, -0.2) is 12.0 Å². The minimum atomic E-state index is 1.08. The molecule has 0 radical (unpaired) electrons. The summed E-state index contributed by atoms with van der Waals surface area (Å²) in [6, 6.07) is 0. The molecule has 0 aliphatic rings. The van der Waals surface area contributed by atoms with E-state index in [0.29, 0.717) is 0 Å². The summed E-state index contributed by atoms with van der Waals surface area (Å²) in [5.41, 5.74) is 2.92. The summed E-state index contributed by atoms with van der Waals surface area (Å²) >= 11 is 1.63. The van der Waals surface area contributed by atoms with Gasteiger partial charge in [0.1, 0.15) is 5.00 Å². The van der Waals surface area contributed by atoms with Gasteiger partial charge in [-0.05, 0) is 6.92 Å². The van der Waals surface area contributed by atoms with Gasteiger partial charge in [0, 0.05) is 7.05 Å². The molecule has 1 rings (SSSR count). The van der Waals surface area contributed by atoms with E-state index in [2.05, 4.69) is 10.3 Å². The van der Waals surface area contributed by atoms with Gasteiger partial charge in [0.05, 0.1) is 11.2 Å². The average molecular weight is 128 g/mol. The Morgan fingerprint density at radius 2 is 2.50 bits per heavy atom. The molecule has 0 aliphatic heterocycles. The summed E-state index contributed by atoms with van der Waals surface area (Å²) in [6.07, 6.45) is 0. The highest BCUT2D eigenvalue weighted by Crippen LogP contribution is 2.16. The molecule has 0 amide bonds. The molecule has 0 saturated heterocycles. The van der Waals surface area contributed by atoms with E-state index in [1.807, 2.05) is 19.5 Å². The second-order valence-electron chi connectivity index (χ2n) is 1.52. The fourth-order valence-corrected chi connectivity index (χ4v) is 1.20. The Morgan fingerprint density at radius 3 is 2.75 bits per heavy atom. The van der Waals surface area contributed by atoms with Crippen LogP contribution >= 0.6 is 11.3 Å². The van der Waals surface area contributed by atoms with Gasteiger partial charge in [0.15, 0.2) is 0 Å². The first kappa shape index (κ1) is 5.56. The smallest absolute Gasteiger partial charge is 0.111 e. The van der Waals surface area contributed by atoms with Crippen LogP contribution in [0.25, 0.3) is 0 Å². The summed E-state index contributed by atoms with van der Waals surface area (Å²) in [6.45, 7) is 1.99. The van der Waals surface area contributed by atoms with Crippen molar-refractivity contribution in [2.24, 2.45) is 0 Å². The number of hydrogen-bond acceptors (Lipinski definition) is 3. The summed E-state index contributed by atoms with van der Waals surface area (Å²) in [7, 11) is 1.90. The summed E-state index contributed by atoms with van der Waals surface area (Å²) in [5.74, 6) is 0. The van der Waals surface area contributed by atoms with Crippen molar-refractivity contribution in [2.45, 2.75) is 6.92 Å². The van der Waals surface area contributed by atoms with Crippen LogP contribution in [0.15, 0.2) is 5.51 Å². The second-order valence-corrected chi connectivity index (χ2v) is 2.37. The van der Waals surface area contributed by atoms with Crippen LogP contribution in [0.5, 0.6) is 0 Å². The molecule has 44 valence electrons. The van der Waals surface area contributed by atoms with E-state index < -0.39 is 0 Å². The number of anilines is 1. The standard InChI is InChI=1S/C5H8N2S/c1-4-5(6-2)8-3-7-4/h3,6H,1-2H3. The van der Waals surface area contributed by atoms with Gasteiger partial charge in [0.25, 0.3) is 0 Å². The Labute approximate surface area is 52.6 Å². The Hall–Kier alpha value is -0.570. The molecule has 1 N–H and O–H groups in total. The number of nitrogens with zero attached hydrogens (tertiary/aromatic N) is 1. The quantitative estimate of drug-likeness (QED) is 0.620. The minimum Gasteiger partial charge on any atom is -0.378 e. The molecule has 1 aromatic rings. The van der Waals surface area contributed by atoms with Crippen molar-refractivity contribution in [3.8, 4) is 0 Å². The van der Waals surface area contributed by atoms with E-state index in [-0.39, 0.29) is 0 Å². The summed E-state index contributed by atoms with van der Waals surface area (Å²) < 4.78 is 0.